The number of benzene rings is 3. The van der Waals surface area contributed by atoms with E-state index < -0.39 is 6.09 Å². The van der Waals surface area contributed by atoms with Crippen molar-refractivity contribution in [3.63, 3.8) is 0 Å². The predicted octanol–water partition coefficient (Wildman–Crippen LogP) is 4.37. The maximum atomic E-state index is 12.0. The van der Waals surface area contributed by atoms with E-state index >= 15 is 0 Å². The Morgan fingerprint density at radius 1 is 0.647 bits per heavy atom. The van der Waals surface area contributed by atoms with E-state index in [1.54, 1.807) is 72.8 Å². The predicted molar refractivity (Wildman–Crippen MR) is 185 cm³/mol. The first-order valence-corrected chi connectivity index (χ1v) is 16.2. The van der Waals surface area contributed by atoms with Crippen LogP contribution in [0.1, 0.15) is 94.8 Å². The summed E-state index contributed by atoms with van der Waals surface area (Å²) in [6.45, 7) is 3.17. The Morgan fingerprint density at radius 3 is 1.29 bits per heavy atom. The number of rotatable bonds is 8. The molecule has 0 radical (unpaired) electrons. The van der Waals surface area contributed by atoms with E-state index in [2.05, 4.69) is 10.3 Å². The molecule has 14 nitrogen and oxygen atoms in total. The molecule has 0 aromatic heterocycles. The fourth-order valence-corrected chi connectivity index (χ4v) is 5.12. The van der Waals surface area contributed by atoms with Gasteiger partial charge in [0.1, 0.15) is 0 Å². The number of hydrogen-bond acceptors (Lipinski definition) is 10. The van der Waals surface area contributed by atoms with Crippen molar-refractivity contribution in [2.45, 2.75) is 32.6 Å². The summed E-state index contributed by atoms with van der Waals surface area (Å²) in [5.41, 5.74) is 3.01. The summed E-state index contributed by atoms with van der Waals surface area (Å²) in [5.74, 6) is -1.23. The molecule has 0 fully saturated rings. The molecule has 3 aromatic carbocycles. The van der Waals surface area contributed by atoms with Gasteiger partial charge >= 0.3 is 6.09 Å². The molecule has 0 bridgehead atoms. The Kier molecular flexibility index (Phi) is 14.6. The molecule has 0 saturated heterocycles. The lowest BCUT2D eigenvalue weighted by Crippen LogP contribution is -2.31. The van der Waals surface area contributed by atoms with E-state index in [-0.39, 0.29) is 42.0 Å². The molecule has 0 saturated carbocycles. The Balaban J connectivity index is 0.000000201. The molecule has 6 rings (SSSR count). The van der Waals surface area contributed by atoms with Crippen molar-refractivity contribution in [3.8, 4) is 0 Å². The topological polar surface area (TPSA) is 180 Å². The van der Waals surface area contributed by atoms with Gasteiger partial charge in [0.25, 0.3) is 35.4 Å². The molecule has 0 spiro atoms. The zero-order chi connectivity index (χ0) is 37.5. The number of isocyanates is 1. The first-order valence-electron chi connectivity index (χ1n) is 16.2. The molecule has 3 aliphatic heterocycles. The van der Waals surface area contributed by atoms with Crippen LogP contribution in [-0.2, 0) is 9.53 Å². The Bertz CT molecular complexity index is 1750. The van der Waals surface area contributed by atoms with E-state index in [1.807, 2.05) is 6.92 Å². The number of fused-ring (bicyclic) bond motifs is 3. The lowest BCUT2D eigenvalue weighted by Gasteiger charge is -2.13. The highest BCUT2D eigenvalue weighted by Gasteiger charge is 2.35. The van der Waals surface area contributed by atoms with Crippen LogP contribution in [0.5, 0.6) is 0 Å². The number of carbonyl (C=O) groups excluding carboxylic acids is 8. The van der Waals surface area contributed by atoms with Crippen LogP contribution >= 0.6 is 0 Å². The second-order valence-electron chi connectivity index (χ2n) is 11.1. The molecular weight excluding hydrogens is 658 g/mol. The number of nitrogens with one attached hydrogen (secondary N) is 1. The molecule has 51 heavy (non-hydrogen) atoms. The van der Waals surface area contributed by atoms with Gasteiger partial charge in [-0.2, -0.15) is 0 Å². The average Bonchev–Trinajstić information content (AvgIpc) is 3.65. The van der Waals surface area contributed by atoms with Gasteiger partial charge in [-0.25, -0.2) is 14.6 Å². The third-order valence-electron chi connectivity index (χ3n) is 7.79. The largest absolute Gasteiger partial charge is 0.450 e. The zero-order valence-electron chi connectivity index (χ0n) is 28.8. The van der Waals surface area contributed by atoms with E-state index in [0.29, 0.717) is 59.3 Å². The minimum absolute atomic E-state index is 0.149. The van der Waals surface area contributed by atoms with Gasteiger partial charge in [-0.3, -0.25) is 43.5 Å². The fourth-order valence-electron chi connectivity index (χ4n) is 5.12. The van der Waals surface area contributed by atoms with Crippen molar-refractivity contribution in [1.29, 1.82) is 0 Å². The van der Waals surface area contributed by atoms with Crippen LogP contribution < -0.4 is 5.32 Å². The zero-order valence-corrected chi connectivity index (χ0v) is 28.8. The lowest BCUT2D eigenvalue weighted by molar-refractivity contribution is 0.0634. The highest BCUT2D eigenvalue weighted by Crippen LogP contribution is 2.24. The SMILES string of the molecule is CCCCN1C(=O)c2ccccc2C1=O.CN1C(=O)c2ccccc2C1=O.CN=C=O.CNC(=O)OCCCCN1C(=O)c2ccccc2C1=O. The molecule has 14 heteroatoms. The highest BCUT2D eigenvalue weighted by atomic mass is 16.5. The molecule has 3 aromatic rings. The minimum atomic E-state index is -0.481. The standard InChI is InChI=1S/C14H16N2O4.C12H13NO2.C9H7NO2.C2H3NO/c1-15-14(19)20-9-5-4-8-16-12(17)10-6-2-3-7-11(10)13(16)18;1-2-3-8-13-11(14)9-6-4-5-7-10(9)12(13)15;1-10-8(11)6-4-2-3-5-7(6)9(10)12;1-3-2-4/h2-3,6-7H,4-5,8-9H2,1H3,(H,15,19);4-7H,2-3,8H2,1H3;2-5H,1H3;1H3. The number of amides is 7. The summed E-state index contributed by atoms with van der Waals surface area (Å²) in [6.07, 6.45) is 3.87. The van der Waals surface area contributed by atoms with Gasteiger partial charge in [-0.05, 0) is 55.7 Å². The number of nitrogens with zero attached hydrogens (tertiary/aromatic N) is 4. The van der Waals surface area contributed by atoms with Crippen molar-refractivity contribution in [2.24, 2.45) is 4.99 Å². The second kappa shape index (κ2) is 19.1. The van der Waals surface area contributed by atoms with Crippen molar-refractivity contribution in [1.82, 2.24) is 20.0 Å². The van der Waals surface area contributed by atoms with Gasteiger partial charge in [-0.15, -0.1) is 0 Å². The lowest BCUT2D eigenvalue weighted by atomic mass is 10.1. The van der Waals surface area contributed by atoms with Gasteiger partial charge in [0.2, 0.25) is 6.08 Å². The average molecular weight is 698 g/mol. The first-order chi connectivity index (χ1) is 24.5. The van der Waals surface area contributed by atoms with Crippen LogP contribution in [0.15, 0.2) is 77.8 Å². The molecule has 0 atom stereocenters. The van der Waals surface area contributed by atoms with Gasteiger partial charge in [0.05, 0.1) is 40.0 Å². The molecular formula is C37H39N5O9. The molecule has 3 heterocycles. The molecule has 3 aliphatic rings. The van der Waals surface area contributed by atoms with Gasteiger partial charge in [-0.1, -0.05) is 49.7 Å². The number of ether oxygens (including phenoxy) is 1. The highest BCUT2D eigenvalue weighted by molar-refractivity contribution is 6.22. The maximum Gasteiger partial charge on any atom is 0.406 e. The molecule has 0 aliphatic carbocycles. The third-order valence-corrected chi connectivity index (χ3v) is 7.79. The van der Waals surface area contributed by atoms with Crippen LogP contribution in [0.25, 0.3) is 0 Å². The number of hydrogen-bond donors (Lipinski definition) is 1. The summed E-state index contributed by atoms with van der Waals surface area (Å²) < 4.78 is 4.83. The van der Waals surface area contributed by atoms with Gasteiger partial charge in [0.15, 0.2) is 0 Å². The van der Waals surface area contributed by atoms with Crippen LogP contribution in [0.4, 0.5) is 4.79 Å². The summed E-state index contributed by atoms with van der Waals surface area (Å²) in [7, 11) is 4.36. The smallest absolute Gasteiger partial charge is 0.406 e. The number of unbranched alkanes of at least 4 members (excludes halogenated alkanes) is 2. The maximum absolute atomic E-state index is 12.0. The first kappa shape index (κ1) is 39.2. The Labute approximate surface area is 295 Å². The van der Waals surface area contributed by atoms with Crippen LogP contribution in [0, 0.1) is 0 Å². The van der Waals surface area contributed by atoms with Crippen molar-refractivity contribution >= 4 is 47.6 Å². The quantitative estimate of drug-likeness (QED) is 0.155. The summed E-state index contributed by atoms with van der Waals surface area (Å²) in [5, 5.41) is 2.34. The van der Waals surface area contributed by atoms with Gasteiger partial charge < -0.3 is 10.1 Å². The molecule has 266 valence electrons. The monoisotopic (exact) mass is 697 g/mol. The summed E-state index contributed by atoms with van der Waals surface area (Å²) in [4.78, 5) is 96.7. The van der Waals surface area contributed by atoms with E-state index in [4.69, 9.17) is 9.53 Å². The molecule has 1 N–H and O–H groups in total. The second-order valence-corrected chi connectivity index (χ2v) is 11.1. The minimum Gasteiger partial charge on any atom is -0.450 e. The summed E-state index contributed by atoms with van der Waals surface area (Å²) in [6, 6.07) is 20.6. The van der Waals surface area contributed by atoms with Crippen molar-refractivity contribution in [2.75, 3.05) is 40.8 Å². The summed E-state index contributed by atoms with van der Waals surface area (Å²) >= 11 is 0. The van der Waals surface area contributed by atoms with E-state index in [0.717, 1.165) is 17.7 Å². The van der Waals surface area contributed by atoms with Crippen molar-refractivity contribution < 1.29 is 43.1 Å². The third kappa shape index (κ3) is 9.46. The van der Waals surface area contributed by atoms with Crippen LogP contribution in [-0.4, -0.2) is 103 Å². The number of alkyl carbamates (subject to hydrolysis) is 1. The van der Waals surface area contributed by atoms with Crippen molar-refractivity contribution in [3.05, 3.63) is 106 Å². The number of imide groups is 3. The van der Waals surface area contributed by atoms with Crippen LogP contribution in [0.3, 0.4) is 0 Å². The molecule has 0 unspecified atom stereocenters. The molecule has 7 amide bonds. The Hall–Kier alpha value is -6.27. The Morgan fingerprint density at radius 2 is 0.980 bits per heavy atom. The van der Waals surface area contributed by atoms with E-state index in [9.17, 15) is 33.6 Å². The van der Waals surface area contributed by atoms with Gasteiger partial charge in [0, 0.05) is 34.2 Å². The number of carbonyl (C=O) groups is 7. The van der Waals surface area contributed by atoms with E-state index in [1.165, 1.54) is 37.0 Å². The van der Waals surface area contributed by atoms with Crippen LogP contribution in [0.2, 0.25) is 0 Å². The fraction of sp³-hybridized carbons (Fsp3) is 0.297. The number of aliphatic imine (C=N–C) groups is 1. The normalized spacial score (nSPS) is 13.5.